The molecule has 0 bridgehead atoms. The highest BCUT2D eigenvalue weighted by Crippen LogP contribution is 2.14. The van der Waals surface area contributed by atoms with Crippen LogP contribution in [0, 0.1) is 11.3 Å². The lowest BCUT2D eigenvalue weighted by Gasteiger charge is -2.20. The van der Waals surface area contributed by atoms with Crippen LogP contribution in [0.1, 0.15) is 39.2 Å². The molecular weight excluding hydrogens is 236 g/mol. The van der Waals surface area contributed by atoms with Gasteiger partial charge in [0.05, 0.1) is 17.4 Å². The zero-order valence-electron chi connectivity index (χ0n) is 12.2. The molecular formula is C15H24N4. The third-order valence-corrected chi connectivity index (χ3v) is 3.35. The van der Waals surface area contributed by atoms with Crippen LogP contribution < -0.4 is 5.32 Å². The molecule has 4 nitrogen and oxygen atoms in total. The predicted molar refractivity (Wildman–Crippen MR) is 79.1 cm³/mol. The van der Waals surface area contributed by atoms with Gasteiger partial charge in [0, 0.05) is 12.2 Å². The minimum absolute atomic E-state index is 0.354. The first-order valence-electron chi connectivity index (χ1n) is 7.04. The monoisotopic (exact) mass is 260 g/mol. The van der Waals surface area contributed by atoms with E-state index in [4.69, 9.17) is 5.26 Å². The van der Waals surface area contributed by atoms with Crippen LogP contribution in [0.25, 0.3) is 0 Å². The quantitative estimate of drug-likeness (QED) is 0.781. The van der Waals surface area contributed by atoms with Crippen LogP contribution in [0.2, 0.25) is 0 Å². The number of hydrogen-bond acceptors (Lipinski definition) is 4. The Morgan fingerprint density at radius 1 is 1.42 bits per heavy atom. The van der Waals surface area contributed by atoms with Crippen LogP contribution >= 0.6 is 0 Å². The van der Waals surface area contributed by atoms with E-state index in [1.54, 1.807) is 18.5 Å². The zero-order valence-corrected chi connectivity index (χ0v) is 12.2. The molecule has 1 atom stereocenters. The van der Waals surface area contributed by atoms with E-state index < -0.39 is 0 Å². The van der Waals surface area contributed by atoms with Crippen molar-refractivity contribution >= 4 is 5.69 Å². The average molecular weight is 260 g/mol. The molecule has 1 N–H and O–H groups in total. The van der Waals surface area contributed by atoms with Gasteiger partial charge in [-0.3, -0.25) is 4.98 Å². The molecule has 19 heavy (non-hydrogen) atoms. The summed E-state index contributed by atoms with van der Waals surface area (Å²) in [5.74, 6) is 0. The van der Waals surface area contributed by atoms with E-state index in [1.807, 2.05) is 0 Å². The van der Waals surface area contributed by atoms with Crippen molar-refractivity contribution in [3.63, 3.8) is 0 Å². The van der Waals surface area contributed by atoms with Gasteiger partial charge in [-0.05, 0) is 45.5 Å². The largest absolute Gasteiger partial charge is 0.380 e. The van der Waals surface area contributed by atoms with Crippen molar-refractivity contribution in [1.82, 2.24) is 9.88 Å². The normalized spacial score (nSPS) is 12.2. The maximum absolute atomic E-state index is 9.02. The second kappa shape index (κ2) is 8.49. The maximum Gasteiger partial charge on any atom is 0.101 e. The Balaban J connectivity index is 2.39. The topological polar surface area (TPSA) is 52.0 Å². The highest BCUT2D eigenvalue weighted by molar-refractivity contribution is 5.55. The summed E-state index contributed by atoms with van der Waals surface area (Å²) < 4.78 is 0. The minimum Gasteiger partial charge on any atom is -0.380 e. The van der Waals surface area contributed by atoms with E-state index in [9.17, 15) is 0 Å². The second-order valence-corrected chi connectivity index (χ2v) is 4.75. The number of rotatable bonds is 8. The van der Waals surface area contributed by atoms with Crippen molar-refractivity contribution in [2.45, 2.75) is 39.7 Å². The molecule has 0 spiro atoms. The summed E-state index contributed by atoms with van der Waals surface area (Å²) in [7, 11) is 0. The first-order chi connectivity index (χ1) is 9.21. The number of pyridine rings is 1. The fourth-order valence-electron chi connectivity index (χ4n) is 2.11. The van der Waals surface area contributed by atoms with Gasteiger partial charge in [0.2, 0.25) is 0 Å². The standard InChI is InChI=1S/C15H24N4/c1-4-19(5-2)10-6-7-13(3)18-15-12-17-9-8-14(15)11-16/h8-9,12-13,18H,4-7,10H2,1-3H3. The van der Waals surface area contributed by atoms with Gasteiger partial charge in [-0.25, -0.2) is 0 Å². The number of anilines is 1. The first kappa shape index (κ1) is 15.5. The smallest absolute Gasteiger partial charge is 0.101 e. The van der Waals surface area contributed by atoms with Gasteiger partial charge in [0.25, 0.3) is 0 Å². The summed E-state index contributed by atoms with van der Waals surface area (Å²) in [6, 6.07) is 4.28. The van der Waals surface area contributed by atoms with Crippen molar-refractivity contribution < 1.29 is 0 Å². The molecule has 0 saturated carbocycles. The maximum atomic E-state index is 9.02. The van der Waals surface area contributed by atoms with Crippen molar-refractivity contribution in [2.24, 2.45) is 0 Å². The van der Waals surface area contributed by atoms with E-state index in [0.717, 1.165) is 38.2 Å². The Bertz CT molecular complexity index is 407. The van der Waals surface area contributed by atoms with Crippen LogP contribution in [0.4, 0.5) is 5.69 Å². The Kier molecular flexibility index (Phi) is 6.91. The second-order valence-electron chi connectivity index (χ2n) is 4.75. The number of nitrogens with one attached hydrogen (secondary N) is 1. The first-order valence-corrected chi connectivity index (χ1v) is 7.04. The molecule has 104 valence electrons. The van der Waals surface area contributed by atoms with Gasteiger partial charge in [-0.15, -0.1) is 0 Å². The molecule has 4 heteroatoms. The van der Waals surface area contributed by atoms with Crippen LogP contribution in [0.5, 0.6) is 0 Å². The van der Waals surface area contributed by atoms with E-state index in [-0.39, 0.29) is 0 Å². The lowest BCUT2D eigenvalue weighted by molar-refractivity contribution is 0.295. The predicted octanol–water partition coefficient (Wildman–Crippen LogP) is 2.88. The molecule has 0 aliphatic rings. The van der Waals surface area contributed by atoms with Crippen LogP contribution in [-0.4, -0.2) is 35.6 Å². The van der Waals surface area contributed by atoms with Gasteiger partial charge < -0.3 is 10.2 Å². The third kappa shape index (κ3) is 5.27. The minimum atomic E-state index is 0.354. The van der Waals surface area contributed by atoms with Gasteiger partial charge in [-0.1, -0.05) is 13.8 Å². The Morgan fingerprint density at radius 2 is 2.16 bits per heavy atom. The number of nitrogens with zero attached hydrogens (tertiary/aromatic N) is 3. The summed E-state index contributed by atoms with van der Waals surface area (Å²) in [6.07, 6.45) is 5.63. The lowest BCUT2D eigenvalue weighted by atomic mass is 10.1. The van der Waals surface area contributed by atoms with E-state index in [0.29, 0.717) is 11.6 Å². The van der Waals surface area contributed by atoms with E-state index in [1.165, 1.54) is 0 Å². The van der Waals surface area contributed by atoms with Gasteiger partial charge in [0.15, 0.2) is 0 Å². The zero-order chi connectivity index (χ0) is 14.1. The Morgan fingerprint density at radius 3 is 2.79 bits per heavy atom. The molecule has 1 rings (SSSR count). The summed E-state index contributed by atoms with van der Waals surface area (Å²) in [6.45, 7) is 9.90. The molecule has 1 aromatic rings. The lowest BCUT2D eigenvalue weighted by Crippen LogP contribution is -2.25. The molecule has 1 heterocycles. The van der Waals surface area contributed by atoms with Crippen LogP contribution in [-0.2, 0) is 0 Å². The van der Waals surface area contributed by atoms with Crippen molar-refractivity contribution in [1.29, 1.82) is 5.26 Å². The fourth-order valence-corrected chi connectivity index (χ4v) is 2.11. The van der Waals surface area contributed by atoms with Gasteiger partial charge in [0.1, 0.15) is 6.07 Å². The molecule has 0 radical (unpaired) electrons. The fraction of sp³-hybridized carbons (Fsp3) is 0.600. The Labute approximate surface area is 116 Å². The number of hydrogen-bond donors (Lipinski definition) is 1. The van der Waals surface area contributed by atoms with E-state index >= 15 is 0 Å². The third-order valence-electron chi connectivity index (χ3n) is 3.35. The highest BCUT2D eigenvalue weighted by atomic mass is 15.1. The molecule has 0 aliphatic heterocycles. The Hall–Kier alpha value is -1.60. The molecule has 0 saturated heterocycles. The van der Waals surface area contributed by atoms with E-state index in [2.05, 4.69) is 42.0 Å². The number of aromatic nitrogens is 1. The molecule has 0 fully saturated rings. The van der Waals surface area contributed by atoms with Crippen molar-refractivity contribution in [2.75, 3.05) is 25.0 Å². The molecule has 1 aromatic heterocycles. The van der Waals surface area contributed by atoms with Gasteiger partial charge >= 0.3 is 0 Å². The summed E-state index contributed by atoms with van der Waals surface area (Å²) in [4.78, 5) is 6.49. The SMILES string of the molecule is CCN(CC)CCCC(C)Nc1cnccc1C#N. The molecule has 0 aromatic carbocycles. The molecule has 1 unspecified atom stereocenters. The van der Waals surface area contributed by atoms with Crippen molar-refractivity contribution in [3.05, 3.63) is 24.0 Å². The molecule has 0 aliphatic carbocycles. The highest BCUT2D eigenvalue weighted by Gasteiger charge is 2.07. The summed E-state index contributed by atoms with van der Waals surface area (Å²) in [5, 5.41) is 12.4. The number of nitriles is 1. The summed E-state index contributed by atoms with van der Waals surface area (Å²) in [5.41, 5.74) is 1.49. The van der Waals surface area contributed by atoms with Crippen molar-refractivity contribution in [3.8, 4) is 6.07 Å². The van der Waals surface area contributed by atoms with Crippen LogP contribution in [0.15, 0.2) is 18.5 Å². The van der Waals surface area contributed by atoms with Gasteiger partial charge in [-0.2, -0.15) is 5.26 Å². The van der Waals surface area contributed by atoms with Crippen LogP contribution in [0.3, 0.4) is 0 Å². The molecule has 0 amide bonds. The summed E-state index contributed by atoms with van der Waals surface area (Å²) >= 11 is 0. The average Bonchev–Trinajstić information content (AvgIpc) is 2.44.